The summed E-state index contributed by atoms with van der Waals surface area (Å²) >= 11 is 0. The van der Waals surface area contributed by atoms with Crippen molar-refractivity contribution < 1.29 is 18.0 Å². The van der Waals surface area contributed by atoms with E-state index < -0.39 is 12.1 Å². The maximum Gasteiger partial charge on any atom is 0.391 e. The van der Waals surface area contributed by atoms with E-state index in [0.29, 0.717) is 5.56 Å². The van der Waals surface area contributed by atoms with Crippen molar-refractivity contribution in [3.63, 3.8) is 0 Å². The van der Waals surface area contributed by atoms with E-state index in [1.54, 1.807) is 31.3 Å². The molecule has 1 aliphatic rings. The smallest absolute Gasteiger partial charge is 0.388 e. The molecule has 1 N–H and O–H groups in total. The van der Waals surface area contributed by atoms with Crippen molar-refractivity contribution >= 4 is 11.6 Å². The molecule has 1 fully saturated rings. The van der Waals surface area contributed by atoms with E-state index in [0.717, 1.165) is 5.69 Å². The van der Waals surface area contributed by atoms with Gasteiger partial charge in [0.25, 0.3) is 5.91 Å². The monoisotopic (exact) mass is 286 g/mol. The van der Waals surface area contributed by atoms with Gasteiger partial charge in [0, 0.05) is 31.4 Å². The molecule has 0 aliphatic carbocycles. The van der Waals surface area contributed by atoms with Gasteiger partial charge >= 0.3 is 6.18 Å². The van der Waals surface area contributed by atoms with Crippen molar-refractivity contribution in [1.29, 1.82) is 0 Å². The van der Waals surface area contributed by atoms with Gasteiger partial charge in [0.15, 0.2) is 0 Å². The molecule has 0 saturated carbocycles. The second-order valence-corrected chi connectivity index (χ2v) is 4.94. The van der Waals surface area contributed by atoms with Crippen molar-refractivity contribution in [3.05, 3.63) is 29.8 Å². The maximum atomic E-state index is 12.6. The summed E-state index contributed by atoms with van der Waals surface area (Å²) in [7, 11) is 1.78. The quantitative estimate of drug-likeness (QED) is 0.906. The van der Waals surface area contributed by atoms with Gasteiger partial charge in [-0.2, -0.15) is 13.2 Å². The summed E-state index contributed by atoms with van der Waals surface area (Å²) in [5.41, 5.74) is 1.40. The van der Waals surface area contributed by atoms with Gasteiger partial charge in [0.2, 0.25) is 0 Å². The Kier molecular flexibility index (Phi) is 4.20. The van der Waals surface area contributed by atoms with Crippen LogP contribution in [0.25, 0.3) is 0 Å². The van der Waals surface area contributed by atoms with Gasteiger partial charge in [0.05, 0.1) is 5.92 Å². The lowest BCUT2D eigenvalue weighted by Gasteiger charge is -2.33. The third-order valence-electron chi connectivity index (χ3n) is 3.67. The zero-order valence-corrected chi connectivity index (χ0v) is 11.2. The topological polar surface area (TPSA) is 32.3 Å². The minimum atomic E-state index is -4.15. The second-order valence-electron chi connectivity index (χ2n) is 4.94. The fraction of sp³-hybridized carbons (Fsp3) is 0.500. The number of benzene rings is 1. The van der Waals surface area contributed by atoms with Gasteiger partial charge in [0.1, 0.15) is 0 Å². The summed E-state index contributed by atoms with van der Waals surface area (Å²) in [6, 6.07) is 6.92. The summed E-state index contributed by atoms with van der Waals surface area (Å²) < 4.78 is 37.7. The molecule has 20 heavy (non-hydrogen) atoms. The molecule has 0 bridgehead atoms. The van der Waals surface area contributed by atoms with Gasteiger partial charge < -0.3 is 10.2 Å². The summed E-state index contributed by atoms with van der Waals surface area (Å²) in [5, 5.41) is 2.95. The van der Waals surface area contributed by atoms with E-state index >= 15 is 0 Å². The number of hydrogen-bond donors (Lipinski definition) is 1. The van der Waals surface area contributed by atoms with Crippen molar-refractivity contribution in [2.45, 2.75) is 19.0 Å². The van der Waals surface area contributed by atoms with Gasteiger partial charge in [-0.15, -0.1) is 0 Å². The molecule has 1 heterocycles. The number of nitrogens with zero attached hydrogens (tertiary/aromatic N) is 1. The second kappa shape index (κ2) is 5.73. The third kappa shape index (κ3) is 3.23. The predicted octanol–water partition coefficient (Wildman–Crippen LogP) is 3.14. The lowest BCUT2D eigenvalue weighted by atomic mass is 9.96. The van der Waals surface area contributed by atoms with E-state index in [2.05, 4.69) is 5.32 Å². The molecule has 0 aromatic heterocycles. The number of alkyl halides is 3. The molecule has 0 unspecified atom stereocenters. The van der Waals surface area contributed by atoms with E-state index in [4.69, 9.17) is 0 Å². The number of amides is 1. The van der Waals surface area contributed by atoms with Crippen LogP contribution < -0.4 is 5.32 Å². The van der Waals surface area contributed by atoms with Gasteiger partial charge in [-0.1, -0.05) is 0 Å². The number of hydrogen-bond acceptors (Lipinski definition) is 2. The van der Waals surface area contributed by atoms with E-state index in [-0.39, 0.29) is 31.8 Å². The minimum absolute atomic E-state index is 0.0101. The number of likely N-dealkylation sites (tertiary alicyclic amines) is 1. The van der Waals surface area contributed by atoms with Crippen LogP contribution in [-0.2, 0) is 0 Å². The molecular formula is C14H17F3N2O. The summed E-state index contributed by atoms with van der Waals surface area (Å²) in [5.74, 6) is -1.48. The third-order valence-corrected chi connectivity index (χ3v) is 3.67. The molecule has 1 amide bonds. The minimum Gasteiger partial charge on any atom is -0.388 e. The molecule has 6 heteroatoms. The average Bonchev–Trinajstić information content (AvgIpc) is 2.46. The van der Waals surface area contributed by atoms with Gasteiger partial charge in [-0.3, -0.25) is 4.79 Å². The van der Waals surface area contributed by atoms with Crippen LogP contribution in [-0.4, -0.2) is 37.1 Å². The van der Waals surface area contributed by atoms with Crippen LogP contribution in [0.2, 0.25) is 0 Å². The molecule has 3 nitrogen and oxygen atoms in total. The number of halogens is 3. The Bertz CT molecular complexity index is 462. The molecule has 1 aromatic carbocycles. The SMILES string of the molecule is CNc1ccc(C(=O)N2CCC(C(F)(F)F)CC2)cc1. The van der Waals surface area contributed by atoms with Crippen LogP contribution in [0.3, 0.4) is 0 Å². The van der Waals surface area contributed by atoms with Crippen molar-refractivity contribution in [1.82, 2.24) is 4.90 Å². The largest absolute Gasteiger partial charge is 0.391 e. The molecule has 0 spiro atoms. The first-order chi connectivity index (χ1) is 9.41. The predicted molar refractivity (Wildman–Crippen MR) is 70.7 cm³/mol. The molecule has 0 radical (unpaired) electrons. The highest BCUT2D eigenvalue weighted by molar-refractivity contribution is 5.94. The Morgan fingerprint density at radius 3 is 2.20 bits per heavy atom. The first-order valence-electron chi connectivity index (χ1n) is 6.55. The maximum absolute atomic E-state index is 12.6. The van der Waals surface area contributed by atoms with Crippen LogP contribution in [0.5, 0.6) is 0 Å². The fourth-order valence-electron chi connectivity index (χ4n) is 2.37. The number of carbonyl (C=O) groups is 1. The zero-order chi connectivity index (χ0) is 14.8. The van der Waals surface area contributed by atoms with E-state index in [1.165, 1.54) is 4.90 Å². The Morgan fingerprint density at radius 2 is 1.75 bits per heavy atom. The zero-order valence-electron chi connectivity index (χ0n) is 11.2. The van der Waals surface area contributed by atoms with Crippen LogP contribution in [0.1, 0.15) is 23.2 Å². The summed E-state index contributed by atoms with van der Waals surface area (Å²) in [6.07, 6.45) is -4.17. The normalized spacial score (nSPS) is 17.1. The fourth-order valence-corrected chi connectivity index (χ4v) is 2.37. The highest BCUT2D eigenvalue weighted by atomic mass is 19.4. The number of nitrogens with one attached hydrogen (secondary N) is 1. The van der Waals surface area contributed by atoms with Crippen LogP contribution in [0.15, 0.2) is 24.3 Å². The first-order valence-corrected chi connectivity index (χ1v) is 6.55. The lowest BCUT2D eigenvalue weighted by Crippen LogP contribution is -2.42. The molecule has 1 aromatic rings. The number of carbonyl (C=O) groups excluding carboxylic acids is 1. The van der Waals surface area contributed by atoms with Crippen molar-refractivity contribution in [2.24, 2.45) is 5.92 Å². The number of piperidine rings is 1. The van der Waals surface area contributed by atoms with Crippen LogP contribution in [0.4, 0.5) is 18.9 Å². The lowest BCUT2D eigenvalue weighted by molar-refractivity contribution is -0.183. The molecule has 2 rings (SSSR count). The van der Waals surface area contributed by atoms with Gasteiger partial charge in [-0.25, -0.2) is 0 Å². The van der Waals surface area contributed by atoms with Crippen LogP contribution >= 0.6 is 0 Å². The first kappa shape index (κ1) is 14.7. The molecule has 0 atom stereocenters. The molecule has 1 aliphatic heterocycles. The average molecular weight is 286 g/mol. The summed E-state index contributed by atoms with van der Waals surface area (Å²) in [4.78, 5) is 13.7. The van der Waals surface area contributed by atoms with Crippen molar-refractivity contribution in [2.75, 3.05) is 25.5 Å². The number of anilines is 1. The van der Waals surface area contributed by atoms with Crippen LogP contribution in [0, 0.1) is 5.92 Å². The highest BCUT2D eigenvalue weighted by Gasteiger charge is 2.41. The van der Waals surface area contributed by atoms with E-state index in [1.807, 2.05) is 0 Å². The molecule has 110 valence electrons. The Hall–Kier alpha value is -1.72. The van der Waals surface area contributed by atoms with E-state index in [9.17, 15) is 18.0 Å². The standard InChI is InChI=1S/C14H17F3N2O/c1-18-12-4-2-10(3-5-12)13(20)19-8-6-11(7-9-19)14(15,16)17/h2-5,11,18H,6-9H2,1H3. The number of rotatable bonds is 2. The Morgan fingerprint density at radius 1 is 1.20 bits per heavy atom. The Labute approximate surface area is 115 Å². The van der Waals surface area contributed by atoms with Crippen molar-refractivity contribution in [3.8, 4) is 0 Å². The summed E-state index contributed by atoms with van der Waals surface area (Å²) in [6.45, 7) is 0.327. The highest BCUT2D eigenvalue weighted by Crippen LogP contribution is 2.34. The molecular weight excluding hydrogens is 269 g/mol. The molecule has 1 saturated heterocycles. The van der Waals surface area contributed by atoms with Gasteiger partial charge in [-0.05, 0) is 37.1 Å². The Balaban J connectivity index is 1.97.